The van der Waals surface area contributed by atoms with Gasteiger partial charge in [0.1, 0.15) is 5.76 Å². The van der Waals surface area contributed by atoms with E-state index in [1.807, 2.05) is 25.1 Å². The zero-order valence-corrected chi connectivity index (χ0v) is 12.9. The minimum Gasteiger partial charge on any atom is -0.361 e. The molecule has 3 aromatic rings. The van der Waals surface area contributed by atoms with Crippen molar-refractivity contribution in [3.63, 3.8) is 0 Å². The number of benzene rings is 1. The first kappa shape index (κ1) is 13.8. The van der Waals surface area contributed by atoms with Crippen LogP contribution in [0.3, 0.4) is 0 Å². The second-order valence-corrected chi connectivity index (χ2v) is 5.75. The number of aryl methyl sites for hydroxylation is 2. The molecule has 0 radical (unpaired) electrons. The van der Waals surface area contributed by atoms with Crippen molar-refractivity contribution in [2.45, 2.75) is 31.7 Å². The molecule has 0 fully saturated rings. The number of thioether (sulfide) groups is 1. The summed E-state index contributed by atoms with van der Waals surface area (Å²) in [6.07, 6.45) is 0. The van der Waals surface area contributed by atoms with Gasteiger partial charge in [-0.3, -0.25) is 0 Å². The molecule has 108 valence electrons. The molecule has 0 aliphatic carbocycles. The Balaban J connectivity index is 1.85. The Kier molecular flexibility index (Phi) is 3.74. The van der Waals surface area contributed by atoms with Crippen LogP contribution in [0.25, 0.3) is 5.69 Å². The molecule has 0 amide bonds. The summed E-state index contributed by atoms with van der Waals surface area (Å²) in [7, 11) is 0. The van der Waals surface area contributed by atoms with Crippen LogP contribution in [0.15, 0.2) is 33.9 Å². The first-order chi connectivity index (χ1) is 10.1. The molecule has 0 N–H and O–H groups in total. The van der Waals surface area contributed by atoms with Crippen LogP contribution in [-0.4, -0.2) is 25.4 Å². The van der Waals surface area contributed by atoms with E-state index < -0.39 is 0 Å². The van der Waals surface area contributed by atoms with Crippen molar-refractivity contribution >= 4 is 11.8 Å². The largest absolute Gasteiger partial charge is 0.361 e. The van der Waals surface area contributed by atoms with Crippen LogP contribution in [0, 0.1) is 20.8 Å². The van der Waals surface area contributed by atoms with E-state index in [1.165, 1.54) is 22.9 Å². The van der Waals surface area contributed by atoms with Crippen LogP contribution < -0.4 is 0 Å². The molecule has 2 heterocycles. The van der Waals surface area contributed by atoms with Crippen LogP contribution in [0.2, 0.25) is 0 Å². The van der Waals surface area contributed by atoms with Gasteiger partial charge in [0.25, 0.3) is 0 Å². The van der Waals surface area contributed by atoms with Gasteiger partial charge in [0.15, 0.2) is 0 Å². The fraction of sp³-hybridized carbons (Fsp3) is 0.286. The van der Waals surface area contributed by atoms with Crippen LogP contribution in [0.1, 0.15) is 22.6 Å². The molecule has 2 aromatic heterocycles. The average Bonchev–Trinajstić information content (AvgIpc) is 3.08. The maximum absolute atomic E-state index is 5.06. The van der Waals surface area contributed by atoms with Gasteiger partial charge < -0.3 is 4.52 Å². The lowest BCUT2D eigenvalue weighted by atomic mass is 10.1. The van der Waals surface area contributed by atoms with Gasteiger partial charge in [-0.05, 0) is 48.4 Å². The maximum Gasteiger partial charge on any atom is 0.214 e. The fourth-order valence-electron chi connectivity index (χ4n) is 2.01. The van der Waals surface area contributed by atoms with E-state index in [0.29, 0.717) is 5.75 Å². The normalized spacial score (nSPS) is 11.0. The zero-order valence-electron chi connectivity index (χ0n) is 12.1. The van der Waals surface area contributed by atoms with E-state index in [-0.39, 0.29) is 0 Å². The van der Waals surface area contributed by atoms with E-state index in [0.717, 1.165) is 22.3 Å². The molecule has 6 nitrogen and oxygen atoms in total. The summed E-state index contributed by atoms with van der Waals surface area (Å²) in [5, 5.41) is 16.7. The first-order valence-corrected chi connectivity index (χ1v) is 7.53. The Hall–Kier alpha value is -2.15. The van der Waals surface area contributed by atoms with Gasteiger partial charge in [-0.1, -0.05) is 29.1 Å². The highest BCUT2D eigenvalue weighted by Gasteiger charge is 2.13. The Labute approximate surface area is 126 Å². The first-order valence-electron chi connectivity index (χ1n) is 6.55. The Morgan fingerprint density at radius 3 is 2.86 bits per heavy atom. The molecule has 0 aliphatic rings. The van der Waals surface area contributed by atoms with Gasteiger partial charge in [-0.15, -0.1) is 5.10 Å². The molecule has 0 saturated heterocycles. The van der Waals surface area contributed by atoms with Gasteiger partial charge in [0, 0.05) is 11.8 Å². The number of nitrogens with zero attached hydrogens (tertiary/aromatic N) is 5. The lowest BCUT2D eigenvalue weighted by Gasteiger charge is -2.09. The van der Waals surface area contributed by atoms with Gasteiger partial charge in [-0.2, -0.15) is 4.68 Å². The molecule has 0 atom stereocenters. The highest BCUT2D eigenvalue weighted by Crippen LogP contribution is 2.24. The minimum atomic E-state index is 0.669. The third kappa shape index (κ3) is 2.82. The van der Waals surface area contributed by atoms with Gasteiger partial charge in [-0.25, -0.2) is 0 Å². The van der Waals surface area contributed by atoms with Crippen LogP contribution in [0.4, 0.5) is 0 Å². The maximum atomic E-state index is 5.06. The molecule has 3 rings (SSSR count). The summed E-state index contributed by atoms with van der Waals surface area (Å²) in [4.78, 5) is 0. The number of hydrogen-bond donors (Lipinski definition) is 0. The van der Waals surface area contributed by atoms with E-state index in [9.17, 15) is 0 Å². The summed E-state index contributed by atoms with van der Waals surface area (Å²) < 4.78 is 6.83. The quantitative estimate of drug-likeness (QED) is 0.690. The van der Waals surface area contributed by atoms with Gasteiger partial charge in [0.05, 0.1) is 11.4 Å². The molecule has 0 bridgehead atoms. The zero-order chi connectivity index (χ0) is 14.8. The van der Waals surface area contributed by atoms with Crippen molar-refractivity contribution in [1.29, 1.82) is 0 Å². The SMILES string of the molecule is Cc1cc(CSc2nnnn2-c2cccc(C)c2C)no1. The van der Waals surface area contributed by atoms with Crippen LogP contribution >= 0.6 is 11.8 Å². The molecular weight excluding hydrogens is 286 g/mol. The summed E-state index contributed by atoms with van der Waals surface area (Å²) in [5.74, 6) is 1.47. The summed E-state index contributed by atoms with van der Waals surface area (Å²) in [6, 6.07) is 8.02. The van der Waals surface area contributed by atoms with Crippen molar-refractivity contribution < 1.29 is 4.52 Å². The molecule has 1 aromatic carbocycles. The second kappa shape index (κ2) is 5.69. The van der Waals surface area contributed by atoms with Crippen molar-refractivity contribution in [2.24, 2.45) is 0 Å². The number of tetrazole rings is 1. The molecule has 0 unspecified atom stereocenters. The number of hydrogen-bond acceptors (Lipinski definition) is 6. The molecule has 0 aliphatic heterocycles. The van der Waals surface area contributed by atoms with Crippen molar-refractivity contribution in [3.8, 4) is 5.69 Å². The third-order valence-corrected chi connectivity index (χ3v) is 4.22. The topological polar surface area (TPSA) is 69.6 Å². The minimum absolute atomic E-state index is 0.669. The number of rotatable bonds is 4. The van der Waals surface area contributed by atoms with Crippen molar-refractivity contribution in [3.05, 3.63) is 46.8 Å². The Morgan fingerprint density at radius 1 is 1.24 bits per heavy atom. The molecule has 21 heavy (non-hydrogen) atoms. The van der Waals surface area contributed by atoms with E-state index in [4.69, 9.17) is 4.52 Å². The second-order valence-electron chi connectivity index (χ2n) is 4.81. The van der Waals surface area contributed by atoms with Gasteiger partial charge in [0.2, 0.25) is 5.16 Å². The standard InChI is InChI=1S/C14H15N5OS/c1-9-5-4-6-13(11(9)3)19-14(15-17-18-19)21-8-12-7-10(2)20-16-12/h4-7H,8H2,1-3H3. The van der Waals surface area contributed by atoms with E-state index in [1.54, 1.807) is 4.68 Å². The Morgan fingerprint density at radius 2 is 2.10 bits per heavy atom. The van der Waals surface area contributed by atoms with Crippen molar-refractivity contribution in [2.75, 3.05) is 0 Å². The lowest BCUT2D eigenvalue weighted by molar-refractivity contribution is 0.393. The molecule has 7 heteroatoms. The monoisotopic (exact) mass is 301 g/mol. The average molecular weight is 301 g/mol. The van der Waals surface area contributed by atoms with Crippen LogP contribution in [0.5, 0.6) is 0 Å². The van der Waals surface area contributed by atoms with E-state index in [2.05, 4.69) is 40.6 Å². The van der Waals surface area contributed by atoms with Crippen molar-refractivity contribution in [1.82, 2.24) is 25.4 Å². The summed E-state index contributed by atoms with van der Waals surface area (Å²) in [6.45, 7) is 6.03. The summed E-state index contributed by atoms with van der Waals surface area (Å²) >= 11 is 1.53. The van der Waals surface area contributed by atoms with E-state index >= 15 is 0 Å². The molecular formula is C14H15N5OS. The smallest absolute Gasteiger partial charge is 0.214 e. The fourth-order valence-corrected chi connectivity index (χ4v) is 2.77. The third-order valence-electron chi connectivity index (χ3n) is 3.27. The van der Waals surface area contributed by atoms with Crippen LogP contribution in [-0.2, 0) is 5.75 Å². The molecule has 0 saturated carbocycles. The predicted octanol–water partition coefficient (Wildman–Crippen LogP) is 2.87. The summed E-state index contributed by atoms with van der Waals surface area (Å²) in [5.41, 5.74) is 4.27. The molecule has 0 spiro atoms. The van der Waals surface area contributed by atoms with Gasteiger partial charge >= 0.3 is 0 Å². The predicted molar refractivity (Wildman–Crippen MR) is 79.4 cm³/mol. The highest BCUT2D eigenvalue weighted by atomic mass is 32.2. The highest BCUT2D eigenvalue weighted by molar-refractivity contribution is 7.98. The number of aromatic nitrogens is 5. The lowest BCUT2D eigenvalue weighted by Crippen LogP contribution is -2.02. The Bertz CT molecular complexity index is 764.